The van der Waals surface area contributed by atoms with Gasteiger partial charge in [0.15, 0.2) is 5.96 Å². The van der Waals surface area contributed by atoms with Crippen LogP contribution < -0.4 is 10.6 Å². The van der Waals surface area contributed by atoms with Crippen molar-refractivity contribution in [1.29, 1.82) is 0 Å². The molecule has 2 unspecified atom stereocenters. The first-order chi connectivity index (χ1) is 13.5. The summed E-state index contributed by atoms with van der Waals surface area (Å²) in [4.78, 5) is 18.0. The van der Waals surface area contributed by atoms with Crippen LogP contribution in [0, 0.1) is 11.6 Å². The smallest absolute Gasteiger partial charge is 0.409 e. The molecule has 2 aliphatic rings. The quantitative estimate of drug-likeness (QED) is 0.353. The van der Waals surface area contributed by atoms with Gasteiger partial charge in [0, 0.05) is 43.2 Å². The molecule has 29 heavy (non-hydrogen) atoms. The summed E-state index contributed by atoms with van der Waals surface area (Å²) >= 11 is 0. The number of carbonyl (C=O) groups is 1. The normalized spacial score (nSPS) is 21.9. The Morgan fingerprint density at radius 3 is 2.45 bits per heavy atom. The van der Waals surface area contributed by atoms with Crippen LogP contribution in [0.4, 0.5) is 13.6 Å². The van der Waals surface area contributed by atoms with E-state index >= 15 is 0 Å². The van der Waals surface area contributed by atoms with Crippen LogP contribution in [0.25, 0.3) is 0 Å². The van der Waals surface area contributed by atoms with Crippen LogP contribution in [0.2, 0.25) is 0 Å². The minimum Gasteiger partial charge on any atom is -0.450 e. The minimum absolute atomic E-state index is 0. The number of ether oxygens (including phenoxy) is 1. The predicted octanol–water partition coefficient (Wildman–Crippen LogP) is 3.61. The van der Waals surface area contributed by atoms with Crippen LogP contribution >= 0.6 is 24.0 Å². The van der Waals surface area contributed by atoms with Crippen LogP contribution in [0.15, 0.2) is 23.2 Å². The van der Waals surface area contributed by atoms with Gasteiger partial charge < -0.3 is 20.3 Å². The zero-order chi connectivity index (χ0) is 20.1. The second kappa shape index (κ2) is 10.9. The summed E-state index contributed by atoms with van der Waals surface area (Å²) in [7, 11) is 0. The zero-order valence-corrected chi connectivity index (χ0v) is 19.1. The van der Waals surface area contributed by atoms with Crippen molar-refractivity contribution in [2.75, 3.05) is 26.2 Å². The van der Waals surface area contributed by atoms with Gasteiger partial charge in [0.2, 0.25) is 0 Å². The standard InChI is InChI=1S/C20H28F2N4O2.HI/c1-3-23-19(24-13-8-10-26(11-9-13)20(27)28-4-2)25-17-12-14(17)18-15(21)6-5-7-16(18)22;/h5-7,13-14,17H,3-4,8-12H2,1-2H3,(H2,23,24,25);1H. The number of nitrogens with zero attached hydrogens (tertiary/aromatic N) is 2. The molecule has 1 saturated heterocycles. The minimum atomic E-state index is -0.498. The molecule has 2 N–H and O–H groups in total. The van der Waals surface area contributed by atoms with E-state index in [1.54, 1.807) is 11.8 Å². The van der Waals surface area contributed by atoms with Gasteiger partial charge in [-0.25, -0.2) is 13.6 Å². The molecule has 0 radical (unpaired) electrons. The lowest BCUT2D eigenvalue weighted by Gasteiger charge is -2.32. The van der Waals surface area contributed by atoms with Crippen molar-refractivity contribution in [2.24, 2.45) is 4.99 Å². The average Bonchev–Trinajstić information content (AvgIpc) is 3.41. The lowest BCUT2D eigenvalue weighted by Crippen LogP contribution is -2.50. The highest BCUT2D eigenvalue weighted by molar-refractivity contribution is 14.0. The Hall–Kier alpha value is -1.65. The highest BCUT2D eigenvalue weighted by Crippen LogP contribution is 2.43. The van der Waals surface area contributed by atoms with Crippen LogP contribution in [0.5, 0.6) is 0 Å². The molecule has 2 fully saturated rings. The molecule has 1 heterocycles. The van der Waals surface area contributed by atoms with Gasteiger partial charge in [-0.2, -0.15) is 0 Å². The maximum atomic E-state index is 14.0. The first-order valence-electron chi connectivity index (χ1n) is 9.96. The summed E-state index contributed by atoms with van der Waals surface area (Å²) in [6.45, 7) is 5.96. The van der Waals surface area contributed by atoms with Gasteiger partial charge in [0.05, 0.1) is 6.61 Å². The molecule has 1 aromatic rings. The summed E-state index contributed by atoms with van der Waals surface area (Å²) in [6.07, 6.45) is 1.98. The average molecular weight is 522 g/mol. The molecule has 1 aromatic carbocycles. The first kappa shape index (κ1) is 23.6. The number of benzene rings is 1. The highest BCUT2D eigenvalue weighted by atomic mass is 127. The predicted molar refractivity (Wildman–Crippen MR) is 119 cm³/mol. The molecule has 1 aliphatic carbocycles. The van der Waals surface area contributed by atoms with E-state index in [9.17, 15) is 13.6 Å². The fourth-order valence-electron chi connectivity index (χ4n) is 3.62. The third-order valence-corrected chi connectivity index (χ3v) is 5.16. The maximum Gasteiger partial charge on any atom is 0.409 e. The Bertz CT molecular complexity index is 706. The Morgan fingerprint density at radius 1 is 1.21 bits per heavy atom. The van der Waals surface area contributed by atoms with E-state index in [4.69, 9.17) is 4.74 Å². The summed E-state index contributed by atoms with van der Waals surface area (Å²) in [5, 5.41) is 6.69. The van der Waals surface area contributed by atoms with E-state index in [1.165, 1.54) is 18.2 Å². The van der Waals surface area contributed by atoms with E-state index < -0.39 is 11.6 Å². The lowest BCUT2D eigenvalue weighted by molar-refractivity contribution is 0.0963. The number of piperidine rings is 1. The molecular weight excluding hydrogens is 493 g/mol. The van der Waals surface area contributed by atoms with Gasteiger partial charge in [-0.05, 0) is 45.2 Å². The third kappa shape index (κ3) is 6.16. The molecule has 3 rings (SSSR count). The summed E-state index contributed by atoms with van der Waals surface area (Å²) in [5.41, 5.74) is 0.151. The Kier molecular flexibility index (Phi) is 8.91. The Balaban J connectivity index is 0.00000300. The largest absolute Gasteiger partial charge is 0.450 e. The van der Waals surface area contributed by atoms with E-state index in [0.29, 0.717) is 38.6 Å². The van der Waals surface area contributed by atoms with Crippen molar-refractivity contribution in [2.45, 2.75) is 51.1 Å². The number of aliphatic imine (C=N–C) groups is 1. The number of hydrogen-bond donors (Lipinski definition) is 2. The molecule has 9 heteroatoms. The SMILES string of the molecule is CCN=C(NC1CCN(C(=O)OCC)CC1)NC1CC1c1c(F)cccc1F.I. The number of carbonyl (C=O) groups excluding carboxylic acids is 1. The zero-order valence-electron chi connectivity index (χ0n) is 16.8. The van der Waals surface area contributed by atoms with Crippen LogP contribution in [0.3, 0.4) is 0 Å². The number of hydrogen-bond acceptors (Lipinski definition) is 3. The number of halogens is 3. The van der Waals surface area contributed by atoms with Gasteiger partial charge in [0.25, 0.3) is 0 Å². The maximum absolute atomic E-state index is 14.0. The lowest BCUT2D eigenvalue weighted by atomic mass is 10.1. The molecule has 1 amide bonds. The van der Waals surface area contributed by atoms with Gasteiger partial charge in [-0.1, -0.05) is 6.07 Å². The van der Waals surface area contributed by atoms with E-state index in [2.05, 4.69) is 15.6 Å². The van der Waals surface area contributed by atoms with Gasteiger partial charge >= 0.3 is 6.09 Å². The van der Waals surface area contributed by atoms with Crippen molar-refractivity contribution in [3.63, 3.8) is 0 Å². The molecule has 0 spiro atoms. The van der Waals surface area contributed by atoms with Crippen molar-refractivity contribution in [3.05, 3.63) is 35.4 Å². The summed E-state index contributed by atoms with van der Waals surface area (Å²) < 4.78 is 33.0. The number of nitrogens with one attached hydrogen (secondary N) is 2. The molecule has 2 atom stereocenters. The molecule has 1 aliphatic heterocycles. The van der Waals surface area contributed by atoms with Crippen molar-refractivity contribution >= 4 is 36.0 Å². The van der Waals surface area contributed by atoms with E-state index in [0.717, 1.165) is 12.8 Å². The van der Waals surface area contributed by atoms with Gasteiger partial charge in [-0.3, -0.25) is 4.99 Å². The number of likely N-dealkylation sites (tertiary alicyclic amines) is 1. The van der Waals surface area contributed by atoms with Crippen molar-refractivity contribution in [1.82, 2.24) is 15.5 Å². The summed E-state index contributed by atoms with van der Waals surface area (Å²) in [6, 6.07) is 4.12. The second-order valence-electron chi connectivity index (χ2n) is 7.16. The van der Waals surface area contributed by atoms with Crippen LogP contribution in [-0.2, 0) is 4.74 Å². The molecule has 1 saturated carbocycles. The van der Waals surface area contributed by atoms with Crippen LogP contribution in [0.1, 0.15) is 44.6 Å². The van der Waals surface area contributed by atoms with E-state index in [-0.39, 0.29) is 53.6 Å². The molecule has 0 bridgehead atoms. The van der Waals surface area contributed by atoms with E-state index in [1.807, 2.05) is 6.92 Å². The topological polar surface area (TPSA) is 66.0 Å². The monoisotopic (exact) mass is 522 g/mol. The molecular formula is C20H29F2IN4O2. The van der Waals surface area contributed by atoms with Crippen LogP contribution in [-0.4, -0.2) is 55.3 Å². The molecule has 162 valence electrons. The Labute approximate surface area is 187 Å². The fourth-order valence-corrected chi connectivity index (χ4v) is 3.62. The summed E-state index contributed by atoms with van der Waals surface area (Å²) in [5.74, 6) is -0.526. The van der Waals surface area contributed by atoms with Gasteiger partial charge in [-0.15, -0.1) is 24.0 Å². The molecule has 6 nitrogen and oxygen atoms in total. The van der Waals surface area contributed by atoms with Crippen molar-refractivity contribution in [3.8, 4) is 0 Å². The molecule has 0 aromatic heterocycles. The van der Waals surface area contributed by atoms with Crippen molar-refractivity contribution < 1.29 is 18.3 Å². The number of amides is 1. The highest BCUT2D eigenvalue weighted by Gasteiger charge is 2.42. The van der Waals surface area contributed by atoms with Gasteiger partial charge in [0.1, 0.15) is 11.6 Å². The number of guanidine groups is 1. The first-order valence-corrected chi connectivity index (χ1v) is 9.96. The fraction of sp³-hybridized carbons (Fsp3) is 0.600. The Morgan fingerprint density at radius 2 is 1.86 bits per heavy atom. The second-order valence-corrected chi connectivity index (χ2v) is 7.16. The number of rotatable bonds is 5. The third-order valence-electron chi connectivity index (χ3n) is 5.16.